The second kappa shape index (κ2) is 7.04. The molecule has 0 aliphatic carbocycles. The molecular weight excluding hydrogens is 310 g/mol. The second-order valence-electron chi connectivity index (χ2n) is 5.41. The summed E-state index contributed by atoms with van der Waals surface area (Å²) in [6.07, 6.45) is -3.60. The summed E-state index contributed by atoms with van der Waals surface area (Å²) in [5, 5.41) is 28.6. The van der Waals surface area contributed by atoms with E-state index in [1.165, 1.54) is 12.3 Å². The van der Waals surface area contributed by atoms with Crippen LogP contribution in [0, 0.1) is 5.92 Å². The van der Waals surface area contributed by atoms with Crippen LogP contribution in [0.2, 0.25) is 0 Å². The number of nitrogens with one attached hydrogen (secondary N) is 1. The first-order valence-electron chi connectivity index (χ1n) is 7.03. The minimum absolute atomic E-state index is 0.00648. The van der Waals surface area contributed by atoms with Crippen molar-refractivity contribution >= 4 is 11.8 Å². The van der Waals surface area contributed by atoms with E-state index in [0.717, 1.165) is 4.57 Å². The predicted octanol–water partition coefficient (Wildman–Crippen LogP) is -1.62. The van der Waals surface area contributed by atoms with Crippen LogP contribution in [0.5, 0.6) is 0 Å². The zero-order chi connectivity index (χ0) is 17.1. The van der Waals surface area contributed by atoms with Crippen molar-refractivity contribution in [1.82, 2.24) is 9.55 Å². The normalized spacial score (nSPS) is 27.2. The van der Waals surface area contributed by atoms with Crippen molar-refractivity contribution in [2.75, 3.05) is 12.1 Å². The van der Waals surface area contributed by atoms with E-state index >= 15 is 0 Å². The number of hydrogen-bond acceptors (Lipinski definition) is 9. The smallest absolute Gasteiger partial charge is 0.351 e. The molecule has 1 aliphatic heterocycles. The van der Waals surface area contributed by atoms with Crippen molar-refractivity contribution in [3.05, 3.63) is 22.7 Å². The fraction of sp³-hybridized carbons (Fsp3) is 0.615. The molecule has 1 fully saturated rings. The van der Waals surface area contributed by atoms with Crippen molar-refractivity contribution in [3.63, 3.8) is 0 Å². The Labute approximate surface area is 131 Å². The van der Waals surface area contributed by atoms with E-state index in [4.69, 9.17) is 14.7 Å². The number of aliphatic hydroxyl groups excluding tert-OH is 3. The van der Waals surface area contributed by atoms with Gasteiger partial charge in [0.25, 0.3) is 0 Å². The molecule has 0 aromatic carbocycles. The highest BCUT2D eigenvalue weighted by atomic mass is 16.7. The zero-order valence-corrected chi connectivity index (χ0v) is 12.6. The van der Waals surface area contributed by atoms with Crippen LogP contribution in [0.3, 0.4) is 0 Å². The van der Waals surface area contributed by atoms with E-state index in [0.29, 0.717) is 0 Å². The summed E-state index contributed by atoms with van der Waals surface area (Å²) in [4.78, 5) is 31.7. The predicted molar refractivity (Wildman–Crippen MR) is 76.1 cm³/mol. The molecule has 10 nitrogen and oxygen atoms in total. The van der Waals surface area contributed by atoms with Crippen LogP contribution < -0.4 is 11.2 Å². The molecule has 0 unspecified atom stereocenters. The third-order valence-electron chi connectivity index (χ3n) is 3.35. The maximum atomic E-state index is 12.0. The van der Waals surface area contributed by atoms with Crippen LogP contribution in [0.15, 0.2) is 17.1 Å². The molecule has 0 bridgehead atoms. The van der Waals surface area contributed by atoms with Gasteiger partial charge in [-0.1, -0.05) is 13.8 Å². The Morgan fingerprint density at radius 1 is 1.48 bits per heavy atom. The van der Waals surface area contributed by atoms with Crippen LogP contribution in [-0.4, -0.2) is 55.8 Å². The van der Waals surface area contributed by atoms with Crippen molar-refractivity contribution < 1.29 is 29.7 Å². The molecule has 1 aromatic heterocycles. The SMILES string of the molecule is CC(C)C(=O)ONc1ccn([C@@H]2O[C@H](CO)[C@@H](O)[C@H]2O)c(=O)n1. The van der Waals surface area contributed by atoms with Gasteiger partial charge in [0.15, 0.2) is 12.0 Å². The van der Waals surface area contributed by atoms with Crippen LogP contribution in [0.1, 0.15) is 20.1 Å². The van der Waals surface area contributed by atoms with Gasteiger partial charge in [-0.25, -0.2) is 15.1 Å². The highest BCUT2D eigenvalue weighted by Crippen LogP contribution is 2.28. The van der Waals surface area contributed by atoms with Gasteiger partial charge in [0, 0.05) is 12.3 Å². The summed E-state index contributed by atoms with van der Waals surface area (Å²) in [6, 6.07) is 1.34. The highest BCUT2D eigenvalue weighted by molar-refractivity contribution is 5.72. The van der Waals surface area contributed by atoms with Gasteiger partial charge in [-0.3, -0.25) is 4.57 Å². The van der Waals surface area contributed by atoms with Crippen LogP contribution >= 0.6 is 0 Å². The first-order valence-corrected chi connectivity index (χ1v) is 7.03. The quantitative estimate of drug-likeness (QED) is 0.469. The molecule has 0 amide bonds. The van der Waals surface area contributed by atoms with Crippen molar-refractivity contribution in [2.24, 2.45) is 5.92 Å². The topological polar surface area (TPSA) is 143 Å². The Morgan fingerprint density at radius 3 is 2.70 bits per heavy atom. The van der Waals surface area contributed by atoms with Crippen molar-refractivity contribution in [1.29, 1.82) is 0 Å². The summed E-state index contributed by atoms with van der Waals surface area (Å²) in [7, 11) is 0. The Hall–Kier alpha value is -2.01. The standard InChI is InChI=1S/C13H19N3O7/c1-6(2)12(20)23-15-8-3-4-16(13(21)14-8)11-10(19)9(18)7(5-17)22-11/h3-4,6-7,9-11,17-19H,5H2,1-2H3,(H,14,15,21)/t7-,9-,10-,11-/m1/s1. The Kier molecular flexibility index (Phi) is 5.31. The van der Waals surface area contributed by atoms with Gasteiger partial charge in [-0.2, -0.15) is 4.98 Å². The van der Waals surface area contributed by atoms with Crippen LogP contribution in [0.4, 0.5) is 5.82 Å². The lowest BCUT2D eigenvalue weighted by atomic mass is 10.1. The first-order chi connectivity index (χ1) is 10.8. The third-order valence-corrected chi connectivity index (χ3v) is 3.35. The fourth-order valence-corrected chi connectivity index (χ4v) is 1.99. The van der Waals surface area contributed by atoms with E-state index in [1.54, 1.807) is 13.8 Å². The molecule has 128 valence electrons. The van der Waals surface area contributed by atoms with Gasteiger partial charge < -0.3 is 24.9 Å². The number of aromatic nitrogens is 2. The van der Waals surface area contributed by atoms with Crippen LogP contribution in [-0.2, 0) is 14.4 Å². The zero-order valence-electron chi connectivity index (χ0n) is 12.6. The second-order valence-corrected chi connectivity index (χ2v) is 5.41. The molecule has 1 aromatic rings. The molecule has 4 N–H and O–H groups in total. The van der Waals surface area contributed by atoms with Crippen molar-refractivity contribution in [2.45, 2.75) is 38.4 Å². The van der Waals surface area contributed by atoms with E-state index in [-0.39, 0.29) is 11.7 Å². The number of nitrogens with zero attached hydrogens (tertiary/aromatic N) is 2. The van der Waals surface area contributed by atoms with Crippen molar-refractivity contribution in [3.8, 4) is 0 Å². The maximum absolute atomic E-state index is 12.0. The minimum Gasteiger partial charge on any atom is -0.394 e. The summed E-state index contributed by atoms with van der Waals surface area (Å²) in [6.45, 7) is 2.80. The summed E-state index contributed by atoms with van der Waals surface area (Å²) in [5.41, 5.74) is 1.47. The summed E-state index contributed by atoms with van der Waals surface area (Å²) in [5.74, 6) is -0.853. The lowest BCUT2D eigenvalue weighted by molar-refractivity contribution is -0.144. The van der Waals surface area contributed by atoms with E-state index in [9.17, 15) is 19.8 Å². The Morgan fingerprint density at radius 2 is 2.17 bits per heavy atom. The minimum atomic E-state index is -1.38. The average molecular weight is 329 g/mol. The number of rotatable bonds is 5. The number of ether oxygens (including phenoxy) is 1. The third kappa shape index (κ3) is 3.67. The van der Waals surface area contributed by atoms with Gasteiger partial charge in [0.05, 0.1) is 12.5 Å². The molecule has 4 atom stereocenters. The molecule has 2 heterocycles. The van der Waals surface area contributed by atoms with Crippen LogP contribution in [0.25, 0.3) is 0 Å². The molecule has 0 saturated carbocycles. The summed E-state index contributed by atoms with van der Waals surface area (Å²) < 4.78 is 6.21. The molecule has 0 spiro atoms. The molecule has 2 rings (SSSR count). The van der Waals surface area contributed by atoms with E-state index in [1.807, 2.05) is 0 Å². The number of carbonyl (C=O) groups excluding carboxylic acids is 1. The largest absolute Gasteiger partial charge is 0.394 e. The molecule has 1 saturated heterocycles. The Balaban J connectivity index is 2.11. The van der Waals surface area contributed by atoms with E-state index in [2.05, 4.69) is 10.5 Å². The Bertz CT molecular complexity index is 618. The highest BCUT2D eigenvalue weighted by Gasteiger charge is 2.43. The molecule has 1 aliphatic rings. The number of anilines is 1. The first kappa shape index (κ1) is 17.3. The van der Waals surface area contributed by atoms with Gasteiger partial charge in [-0.15, -0.1) is 0 Å². The fourth-order valence-electron chi connectivity index (χ4n) is 1.99. The lowest BCUT2D eigenvalue weighted by Gasteiger charge is -2.17. The van der Waals surface area contributed by atoms with Gasteiger partial charge in [0.1, 0.15) is 18.3 Å². The number of hydrogen-bond donors (Lipinski definition) is 4. The molecular formula is C13H19N3O7. The number of aliphatic hydroxyl groups is 3. The summed E-state index contributed by atoms with van der Waals surface area (Å²) >= 11 is 0. The monoisotopic (exact) mass is 329 g/mol. The van der Waals surface area contributed by atoms with Gasteiger partial charge in [0.2, 0.25) is 0 Å². The average Bonchev–Trinajstić information content (AvgIpc) is 2.80. The van der Waals surface area contributed by atoms with E-state index < -0.39 is 42.8 Å². The van der Waals surface area contributed by atoms with Gasteiger partial charge >= 0.3 is 11.7 Å². The molecule has 0 radical (unpaired) electrons. The number of carbonyl (C=O) groups is 1. The maximum Gasteiger partial charge on any atom is 0.351 e. The lowest BCUT2D eigenvalue weighted by Crippen LogP contribution is -2.36. The van der Waals surface area contributed by atoms with Gasteiger partial charge in [-0.05, 0) is 0 Å². The molecule has 23 heavy (non-hydrogen) atoms. The molecule has 10 heteroatoms.